The number of rotatable bonds is 4. The SMILES string of the molecule is CC.O=C(O)c1ccccc1C(=O)NCc1ccccc1. The van der Waals surface area contributed by atoms with Crippen molar-refractivity contribution in [1.29, 1.82) is 0 Å². The van der Waals surface area contributed by atoms with Crippen LogP contribution in [-0.2, 0) is 6.54 Å². The first kappa shape index (κ1) is 16.4. The first-order chi connectivity index (χ1) is 10.2. The van der Waals surface area contributed by atoms with Crippen molar-refractivity contribution < 1.29 is 14.7 Å². The molecule has 2 aromatic carbocycles. The Bertz CT molecular complexity index is 594. The summed E-state index contributed by atoms with van der Waals surface area (Å²) in [7, 11) is 0. The molecule has 0 heterocycles. The highest BCUT2D eigenvalue weighted by Crippen LogP contribution is 2.09. The molecule has 4 nitrogen and oxygen atoms in total. The van der Waals surface area contributed by atoms with Gasteiger partial charge in [-0.15, -0.1) is 0 Å². The Balaban J connectivity index is 0.00000106. The van der Waals surface area contributed by atoms with Crippen LogP contribution >= 0.6 is 0 Å². The predicted molar refractivity (Wildman–Crippen MR) is 82.4 cm³/mol. The van der Waals surface area contributed by atoms with E-state index >= 15 is 0 Å². The lowest BCUT2D eigenvalue weighted by atomic mass is 10.1. The van der Waals surface area contributed by atoms with E-state index in [-0.39, 0.29) is 17.0 Å². The Morgan fingerprint density at radius 2 is 1.43 bits per heavy atom. The van der Waals surface area contributed by atoms with Crippen LogP contribution in [0.3, 0.4) is 0 Å². The Kier molecular flexibility index (Phi) is 6.68. The van der Waals surface area contributed by atoms with Crippen LogP contribution in [-0.4, -0.2) is 17.0 Å². The molecule has 21 heavy (non-hydrogen) atoms. The standard InChI is InChI=1S/C15H13NO3.C2H6/c17-14(16-10-11-6-2-1-3-7-11)12-8-4-5-9-13(12)15(18)19;1-2/h1-9H,10H2,(H,16,17)(H,18,19);1-2H3. The van der Waals surface area contributed by atoms with Crippen molar-refractivity contribution in [2.24, 2.45) is 0 Å². The quantitative estimate of drug-likeness (QED) is 0.905. The zero-order chi connectivity index (χ0) is 15.7. The average molecular weight is 285 g/mol. The highest BCUT2D eigenvalue weighted by Gasteiger charge is 2.15. The van der Waals surface area contributed by atoms with E-state index in [2.05, 4.69) is 5.32 Å². The van der Waals surface area contributed by atoms with Gasteiger partial charge in [0, 0.05) is 6.54 Å². The van der Waals surface area contributed by atoms with Crippen molar-refractivity contribution in [1.82, 2.24) is 5.32 Å². The molecule has 4 heteroatoms. The molecule has 0 atom stereocenters. The third-order valence-corrected chi connectivity index (χ3v) is 2.70. The minimum atomic E-state index is -1.11. The molecule has 0 bridgehead atoms. The van der Waals surface area contributed by atoms with Gasteiger partial charge in [0.05, 0.1) is 11.1 Å². The van der Waals surface area contributed by atoms with Crippen molar-refractivity contribution in [3.05, 3.63) is 71.3 Å². The van der Waals surface area contributed by atoms with E-state index in [4.69, 9.17) is 5.11 Å². The minimum absolute atomic E-state index is 0.00746. The second kappa shape index (κ2) is 8.53. The summed E-state index contributed by atoms with van der Waals surface area (Å²) < 4.78 is 0. The molecule has 0 saturated heterocycles. The number of aromatic carboxylic acids is 1. The molecule has 110 valence electrons. The monoisotopic (exact) mass is 285 g/mol. The van der Waals surface area contributed by atoms with Gasteiger partial charge in [-0.3, -0.25) is 4.79 Å². The van der Waals surface area contributed by atoms with Crippen molar-refractivity contribution in [2.45, 2.75) is 20.4 Å². The molecule has 2 aromatic rings. The Morgan fingerprint density at radius 1 is 0.905 bits per heavy atom. The Hall–Kier alpha value is -2.62. The van der Waals surface area contributed by atoms with Crippen LogP contribution in [0.4, 0.5) is 0 Å². The number of amides is 1. The number of carboxylic acids is 1. The zero-order valence-electron chi connectivity index (χ0n) is 12.2. The van der Waals surface area contributed by atoms with E-state index in [9.17, 15) is 9.59 Å². The van der Waals surface area contributed by atoms with Crippen molar-refractivity contribution in [2.75, 3.05) is 0 Å². The highest BCUT2D eigenvalue weighted by atomic mass is 16.4. The van der Waals surface area contributed by atoms with E-state index in [0.717, 1.165) is 5.56 Å². The highest BCUT2D eigenvalue weighted by molar-refractivity contribution is 6.04. The number of nitrogens with one attached hydrogen (secondary N) is 1. The summed E-state index contributed by atoms with van der Waals surface area (Å²) in [6.07, 6.45) is 0. The van der Waals surface area contributed by atoms with Crippen LogP contribution in [0.15, 0.2) is 54.6 Å². The van der Waals surface area contributed by atoms with E-state index in [1.807, 2.05) is 44.2 Å². The summed E-state index contributed by atoms with van der Waals surface area (Å²) >= 11 is 0. The molecule has 0 aliphatic rings. The second-order valence-electron chi connectivity index (χ2n) is 4.02. The molecule has 0 saturated carbocycles. The first-order valence-corrected chi connectivity index (χ1v) is 6.83. The molecule has 1 amide bonds. The molecule has 0 aliphatic carbocycles. The van der Waals surface area contributed by atoms with Gasteiger partial charge in [0.1, 0.15) is 0 Å². The average Bonchev–Trinajstić information content (AvgIpc) is 2.55. The van der Waals surface area contributed by atoms with Gasteiger partial charge < -0.3 is 10.4 Å². The predicted octanol–water partition coefficient (Wildman–Crippen LogP) is 3.34. The molecular formula is C17H19NO3. The van der Waals surface area contributed by atoms with Gasteiger partial charge in [-0.25, -0.2) is 4.79 Å². The fourth-order valence-electron chi connectivity index (χ4n) is 1.74. The minimum Gasteiger partial charge on any atom is -0.478 e. The van der Waals surface area contributed by atoms with Gasteiger partial charge in [0.15, 0.2) is 0 Å². The van der Waals surface area contributed by atoms with Gasteiger partial charge >= 0.3 is 5.97 Å². The zero-order valence-corrected chi connectivity index (χ0v) is 12.2. The summed E-state index contributed by atoms with van der Waals surface area (Å²) in [5.41, 5.74) is 1.14. The Labute approximate surface area is 124 Å². The van der Waals surface area contributed by atoms with Gasteiger partial charge in [-0.2, -0.15) is 0 Å². The Morgan fingerprint density at radius 3 is 2.00 bits per heavy atom. The molecule has 0 unspecified atom stereocenters. The number of benzene rings is 2. The molecular weight excluding hydrogens is 266 g/mol. The van der Waals surface area contributed by atoms with Crippen molar-refractivity contribution in [3.8, 4) is 0 Å². The lowest BCUT2D eigenvalue weighted by Gasteiger charge is -2.07. The van der Waals surface area contributed by atoms with Crippen LogP contribution in [0.1, 0.15) is 40.1 Å². The maximum absolute atomic E-state index is 12.0. The van der Waals surface area contributed by atoms with Gasteiger partial charge in [-0.1, -0.05) is 56.3 Å². The summed E-state index contributed by atoms with van der Waals surface area (Å²) in [4.78, 5) is 23.0. The van der Waals surface area contributed by atoms with Gasteiger partial charge in [-0.05, 0) is 17.7 Å². The lowest BCUT2D eigenvalue weighted by Crippen LogP contribution is -2.24. The van der Waals surface area contributed by atoms with Gasteiger partial charge in [0.2, 0.25) is 0 Å². The number of hydrogen-bond donors (Lipinski definition) is 2. The van der Waals surface area contributed by atoms with E-state index in [0.29, 0.717) is 6.54 Å². The molecule has 2 rings (SSSR count). The third kappa shape index (κ3) is 4.76. The number of carbonyl (C=O) groups is 2. The summed E-state index contributed by atoms with van der Waals surface area (Å²) in [6.45, 7) is 4.37. The number of hydrogen-bond acceptors (Lipinski definition) is 2. The fraction of sp³-hybridized carbons (Fsp3) is 0.176. The fourth-order valence-corrected chi connectivity index (χ4v) is 1.74. The molecule has 0 spiro atoms. The van der Waals surface area contributed by atoms with E-state index in [1.165, 1.54) is 12.1 Å². The molecule has 0 fully saturated rings. The molecule has 0 aliphatic heterocycles. The van der Waals surface area contributed by atoms with Crippen LogP contribution in [0.2, 0.25) is 0 Å². The maximum atomic E-state index is 12.0. The maximum Gasteiger partial charge on any atom is 0.336 e. The van der Waals surface area contributed by atoms with Crippen molar-refractivity contribution in [3.63, 3.8) is 0 Å². The van der Waals surface area contributed by atoms with Crippen molar-refractivity contribution >= 4 is 11.9 Å². The summed E-state index contributed by atoms with van der Waals surface area (Å²) in [6, 6.07) is 15.6. The normalized spacial score (nSPS) is 9.24. The number of carbonyl (C=O) groups excluding carboxylic acids is 1. The van der Waals surface area contributed by atoms with E-state index < -0.39 is 5.97 Å². The van der Waals surface area contributed by atoms with Crippen LogP contribution < -0.4 is 5.32 Å². The third-order valence-electron chi connectivity index (χ3n) is 2.70. The largest absolute Gasteiger partial charge is 0.478 e. The van der Waals surface area contributed by atoms with Crippen LogP contribution in [0, 0.1) is 0 Å². The summed E-state index contributed by atoms with van der Waals surface area (Å²) in [5, 5.41) is 11.7. The molecule has 0 aromatic heterocycles. The summed E-state index contributed by atoms with van der Waals surface area (Å²) in [5.74, 6) is -1.49. The molecule has 2 N–H and O–H groups in total. The number of carboxylic acid groups (broad SMARTS) is 1. The second-order valence-corrected chi connectivity index (χ2v) is 4.02. The smallest absolute Gasteiger partial charge is 0.336 e. The van der Waals surface area contributed by atoms with Crippen LogP contribution in [0.25, 0.3) is 0 Å². The van der Waals surface area contributed by atoms with Gasteiger partial charge in [0.25, 0.3) is 5.91 Å². The lowest BCUT2D eigenvalue weighted by molar-refractivity contribution is 0.0691. The topological polar surface area (TPSA) is 66.4 Å². The molecule has 0 radical (unpaired) electrons. The van der Waals surface area contributed by atoms with Crippen LogP contribution in [0.5, 0.6) is 0 Å². The van der Waals surface area contributed by atoms with E-state index in [1.54, 1.807) is 12.1 Å². The first-order valence-electron chi connectivity index (χ1n) is 6.83.